The third kappa shape index (κ3) is 4.15. The average molecular weight is 314 g/mol. The van der Waals surface area contributed by atoms with Crippen molar-refractivity contribution in [3.63, 3.8) is 0 Å². The smallest absolute Gasteiger partial charge is 0.283 e. The van der Waals surface area contributed by atoms with Crippen molar-refractivity contribution in [3.05, 3.63) is 38.9 Å². The largest absolute Gasteiger partial charge is 0.338 e. The van der Waals surface area contributed by atoms with Gasteiger partial charge in [-0.25, -0.2) is 0 Å². The molecule has 2 N–H and O–H groups in total. The van der Waals surface area contributed by atoms with E-state index in [0.29, 0.717) is 19.6 Å². The summed E-state index contributed by atoms with van der Waals surface area (Å²) < 4.78 is 0. The van der Waals surface area contributed by atoms with Crippen LogP contribution in [0.5, 0.6) is 0 Å². The fraction of sp³-hybridized carbons (Fsp3) is 0.500. The van der Waals surface area contributed by atoms with Gasteiger partial charge in [-0.2, -0.15) is 0 Å². The maximum atomic E-state index is 12.6. The van der Waals surface area contributed by atoms with Crippen molar-refractivity contribution in [3.8, 4) is 0 Å². The quantitative estimate of drug-likeness (QED) is 0.646. The number of benzene rings is 1. The minimum atomic E-state index is -0.596. The number of nitro groups is 1. The Morgan fingerprint density at radius 2 is 2.10 bits per heavy atom. The van der Waals surface area contributed by atoms with Gasteiger partial charge in [0, 0.05) is 19.2 Å². The summed E-state index contributed by atoms with van der Waals surface area (Å²) in [5, 5.41) is 11.2. The molecule has 0 saturated carbocycles. The summed E-state index contributed by atoms with van der Waals surface area (Å²) in [6.07, 6.45) is 0. The van der Waals surface area contributed by atoms with Gasteiger partial charge < -0.3 is 10.6 Å². The average Bonchev–Trinajstić information content (AvgIpc) is 2.43. The molecular formula is C14H20ClN3O3. The molecule has 0 atom stereocenters. The minimum Gasteiger partial charge on any atom is -0.338 e. The van der Waals surface area contributed by atoms with E-state index in [1.54, 1.807) is 0 Å². The Hall–Kier alpha value is -1.66. The molecule has 21 heavy (non-hydrogen) atoms. The van der Waals surface area contributed by atoms with Crippen molar-refractivity contribution < 1.29 is 9.72 Å². The molecule has 1 aromatic rings. The molecule has 0 aromatic heterocycles. The second kappa shape index (κ2) is 6.87. The lowest BCUT2D eigenvalue weighted by Gasteiger charge is -2.31. The minimum absolute atomic E-state index is 0.0705. The second-order valence-electron chi connectivity index (χ2n) is 5.58. The highest BCUT2D eigenvalue weighted by molar-refractivity contribution is 6.34. The second-order valence-corrected chi connectivity index (χ2v) is 5.99. The number of carbonyl (C=O) groups is 1. The molecule has 0 spiro atoms. The van der Waals surface area contributed by atoms with E-state index in [4.69, 9.17) is 17.3 Å². The van der Waals surface area contributed by atoms with Gasteiger partial charge in [0.25, 0.3) is 11.6 Å². The Balaban J connectivity index is 3.20. The van der Waals surface area contributed by atoms with Crippen molar-refractivity contribution in [2.75, 3.05) is 19.6 Å². The Bertz CT molecular complexity index is 546. The van der Waals surface area contributed by atoms with Crippen molar-refractivity contribution in [1.29, 1.82) is 0 Å². The van der Waals surface area contributed by atoms with Crippen LogP contribution < -0.4 is 5.73 Å². The first kappa shape index (κ1) is 17.4. The van der Waals surface area contributed by atoms with Crippen LogP contribution in [0.4, 0.5) is 5.69 Å². The first-order valence-electron chi connectivity index (χ1n) is 6.65. The molecule has 0 fully saturated rings. The third-order valence-electron chi connectivity index (χ3n) is 3.24. The normalized spacial score (nSPS) is 11.3. The molecule has 0 bridgehead atoms. The lowest BCUT2D eigenvalue weighted by molar-refractivity contribution is -0.385. The number of halogens is 1. The first-order chi connectivity index (χ1) is 9.73. The summed E-state index contributed by atoms with van der Waals surface area (Å²) in [5.74, 6) is -0.448. The molecule has 0 radical (unpaired) electrons. The molecule has 0 saturated heterocycles. The van der Waals surface area contributed by atoms with Crippen molar-refractivity contribution >= 4 is 23.2 Å². The number of hydrogen-bond acceptors (Lipinski definition) is 4. The van der Waals surface area contributed by atoms with Crippen molar-refractivity contribution in [2.24, 2.45) is 11.1 Å². The van der Waals surface area contributed by atoms with Gasteiger partial charge in [-0.3, -0.25) is 14.9 Å². The van der Waals surface area contributed by atoms with Crippen LogP contribution in [0, 0.1) is 15.5 Å². The highest BCUT2D eigenvalue weighted by Crippen LogP contribution is 2.28. The molecule has 1 amide bonds. The van der Waals surface area contributed by atoms with Crippen molar-refractivity contribution in [1.82, 2.24) is 4.90 Å². The zero-order chi connectivity index (χ0) is 16.2. The van der Waals surface area contributed by atoms with E-state index in [2.05, 4.69) is 0 Å². The van der Waals surface area contributed by atoms with Crippen molar-refractivity contribution in [2.45, 2.75) is 20.8 Å². The van der Waals surface area contributed by atoms with Gasteiger partial charge in [0.2, 0.25) is 0 Å². The number of nitrogens with two attached hydrogens (primary N) is 1. The van der Waals surface area contributed by atoms with Crippen LogP contribution in [0.25, 0.3) is 0 Å². The number of amides is 1. The summed E-state index contributed by atoms with van der Waals surface area (Å²) in [5.41, 5.74) is 5.06. The molecule has 0 aliphatic carbocycles. The van der Waals surface area contributed by atoms with Gasteiger partial charge >= 0.3 is 0 Å². The highest BCUT2D eigenvalue weighted by Gasteiger charge is 2.29. The molecule has 0 heterocycles. The van der Waals surface area contributed by atoms with Gasteiger partial charge in [0.05, 0.1) is 9.95 Å². The Morgan fingerprint density at radius 3 is 2.57 bits per heavy atom. The topological polar surface area (TPSA) is 89.5 Å². The van der Waals surface area contributed by atoms with Gasteiger partial charge in [0.1, 0.15) is 5.56 Å². The predicted octanol–water partition coefficient (Wildman–Crippen LogP) is 2.70. The monoisotopic (exact) mass is 313 g/mol. The number of carbonyl (C=O) groups excluding carboxylic acids is 1. The summed E-state index contributed by atoms with van der Waals surface area (Å²) in [4.78, 5) is 24.6. The Morgan fingerprint density at radius 1 is 1.48 bits per heavy atom. The van der Waals surface area contributed by atoms with Crippen LogP contribution in [0.2, 0.25) is 5.02 Å². The number of hydrogen-bond donors (Lipinski definition) is 1. The molecular weight excluding hydrogens is 294 g/mol. The summed E-state index contributed by atoms with van der Waals surface area (Å²) in [6.45, 7) is 6.91. The molecule has 1 aromatic carbocycles. The van der Waals surface area contributed by atoms with E-state index in [-0.39, 0.29) is 21.7 Å². The van der Waals surface area contributed by atoms with E-state index in [1.807, 2.05) is 20.8 Å². The number of nitro benzene ring substituents is 1. The number of rotatable bonds is 6. The molecule has 6 nitrogen and oxygen atoms in total. The maximum Gasteiger partial charge on any atom is 0.283 e. The molecule has 0 aliphatic rings. The molecule has 0 aliphatic heterocycles. The fourth-order valence-corrected chi connectivity index (χ4v) is 2.19. The lowest BCUT2D eigenvalue weighted by Crippen LogP contribution is -2.42. The van der Waals surface area contributed by atoms with Crippen LogP contribution in [0.15, 0.2) is 18.2 Å². The molecule has 116 valence electrons. The fourth-order valence-electron chi connectivity index (χ4n) is 1.94. The van der Waals surface area contributed by atoms with E-state index in [0.717, 1.165) is 0 Å². The standard InChI is InChI=1S/C14H20ClN3O3/c1-4-17(9-14(2,3)8-16)13(19)12-10(15)6-5-7-11(12)18(20)21/h5-7H,4,8-9,16H2,1-3H3. The van der Waals surface area contributed by atoms with Crippen LogP contribution >= 0.6 is 11.6 Å². The summed E-state index contributed by atoms with van der Waals surface area (Å²) in [6, 6.07) is 4.21. The maximum absolute atomic E-state index is 12.6. The molecule has 7 heteroatoms. The van der Waals surface area contributed by atoms with Crippen LogP contribution in [0.3, 0.4) is 0 Å². The van der Waals surface area contributed by atoms with Gasteiger partial charge in [-0.1, -0.05) is 31.5 Å². The third-order valence-corrected chi connectivity index (χ3v) is 3.56. The van der Waals surface area contributed by atoms with Gasteiger partial charge in [-0.15, -0.1) is 0 Å². The first-order valence-corrected chi connectivity index (χ1v) is 7.03. The van der Waals surface area contributed by atoms with Crippen LogP contribution in [-0.4, -0.2) is 35.4 Å². The zero-order valence-corrected chi connectivity index (χ0v) is 13.2. The van der Waals surface area contributed by atoms with Crippen LogP contribution in [0.1, 0.15) is 31.1 Å². The lowest BCUT2D eigenvalue weighted by atomic mass is 9.92. The van der Waals surface area contributed by atoms with Gasteiger partial charge in [-0.05, 0) is 24.9 Å². The van der Waals surface area contributed by atoms with Crippen LogP contribution in [-0.2, 0) is 0 Å². The summed E-state index contributed by atoms with van der Waals surface area (Å²) in [7, 11) is 0. The van der Waals surface area contributed by atoms with E-state index >= 15 is 0 Å². The number of nitrogens with zero attached hydrogens (tertiary/aromatic N) is 2. The molecule has 1 rings (SSSR count). The molecule has 0 unspecified atom stereocenters. The van der Waals surface area contributed by atoms with Gasteiger partial charge in [0.15, 0.2) is 0 Å². The predicted molar refractivity (Wildman–Crippen MR) is 82.5 cm³/mol. The highest BCUT2D eigenvalue weighted by atomic mass is 35.5. The van der Waals surface area contributed by atoms with E-state index < -0.39 is 10.8 Å². The zero-order valence-electron chi connectivity index (χ0n) is 12.4. The van der Waals surface area contributed by atoms with E-state index in [1.165, 1.54) is 23.1 Å². The summed E-state index contributed by atoms with van der Waals surface area (Å²) >= 11 is 6.00. The Labute approximate surface area is 129 Å². The Kier molecular flexibility index (Phi) is 5.69. The van der Waals surface area contributed by atoms with E-state index in [9.17, 15) is 14.9 Å². The SMILES string of the molecule is CCN(CC(C)(C)CN)C(=O)c1c(Cl)cccc1[N+](=O)[O-].